The lowest BCUT2D eigenvalue weighted by molar-refractivity contribution is -0.765. The van der Waals surface area contributed by atoms with Gasteiger partial charge in [0, 0.05) is 20.0 Å². The number of carbonyl (C=O) groups excluding carboxylic acids is 1. The molecule has 2 unspecified atom stereocenters. The number of aromatic amines is 1. The number of piperidine rings is 1. The summed E-state index contributed by atoms with van der Waals surface area (Å²) in [6.07, 6.45) is 2.82. The van der Waals surface area contributed by atoms with Gasteiger partial charge >= 0.3 is 5.97 Å². The van der Waals surface area contributed by atoms with Crippen molar-refractivity contribution in [3.05, 3.63) is 11.9 Å². The normalized spacial score (nSPS) is 22.7. The molecule has 0 aliphatic carbocycles. The molecule has 0 aromatic carbocycles. The second-order valence-corrected chi connectivity index (χ2v) is 7.11. The molecule has 124 valence electrons. The van der Waals surface area contributed by atoms with E-state index in [0.29, 0.717) is 19.0 Å². The van der Waals surface area contributed by atoms with Crippen molar-refractivity contribution in [2.24, 2.45) is 11.8 Å². The number of nitrogens with one attached hydrogen (secondary N) is 1. The molecule has 22 heavy (non-hydrogen) atoms. The Morgan fingerprint density at radius 3 is 2.82 bits per heavy atom. The van der Waals surface area contributed by atoms with Gasteiger partial charge in [0.2, 0.25) is 5.69 Å². The standard InChI is InChI=1S/C16H27N3O3/c1-11-6-13(15(20)22-5)9-18(8-11)14-7-17-19(12(14)2)10-16(3,4)21/h7,11,13,21H,6,8-10H2,1-5H3/p+1. The number of carbonyl (C=O) groups is 1. The Labute approximate surface area is 132 Å². The third-order valence-corrected chi connectivity index (χ3v) is 4.21. The average molecular weight is 310 g/mol. The van der Waals surface area contributed by atoms with Crippen LogP contribution in [0, 0.1) is 18.8 Å². The van der Waals surface area contributed by atoms with E-state index in [1.54, 1.807) is 13.8 Å². The van der Waals surface area contributed by atoms with Crippen molar-refractivity contribution in [2.45, 2.75) is 46.3 Å². The number of aromatic nitrogens is 2. The Balaban J connectivity index is 2.18. The summed E-state index contributed by atoms with van der Waals surface area (Å²) in [4.78, 5) is 14.1. The first-order chi connectivity index (χ1) is 10.2. The molecule has 2 rings (SSSR count). The topological polar surface area (TPSA) is 69.4 Å². The number of nitrogens with zero attached hydrogens (tertiary/aromatic N) is 2. The Bertz CT molecular complexity index is 533. The third kappa shape index (κ3) is 3.80. The molecular weight excluding hydrogens is 282 g/mol. The number of aliphatic hydroxyl groups is 1. The minimum Gasteiger partial charge on any atom is -0.469 e. The Morgan fingerprint density at radius 1 is 1.55 bits per heavy atom. The van der Waals surface area contributed by atoms with Gasteiger partial charge in [-0.15, -0.1) is 4.68 Å². The number of hydrogen-bond acceptors (Lipinski definition) is 4. The number of H-pyrrole nitrogens is 1. The molecule has 0 amide bonds. The molecule has 2 N–H and O–H groups in total. The van der Waals surface area contributed by atoms with E-state index in [0.717, 1.165) is 24.3 Å². The monoisotopic (exact) mass is 310 g/mol. The van der Waals surface area contributed by atoms with Gasteiger partial charge in [-0.3, -0.25) is 4.79 Å². The highest BCUT2D eigenvalue weighted by Gasteiger charge is 2.33. The Hall–Kier alpha value is -1.56. The van der Waals surface area contributed by atoms with Crippen molar-refractivity contribution in [1.82, 2.24) is 5.10 Å². The van der Waals surface area contributed by atoms with Crippen molar-refractivity contribution < 1.29 is 19.3 Å². The van der Waals surface area contributed by atoms with Crippen LogP contribution in [0.2, 0.25) is 0 Å². The second-order valence-electron chi connectivity index (χ2n) is 7.11. The second kappa shape index (κ2) is 6.28. The van der Waals surface area contributed by atoms with Gasteiger partial charge in [-0.05, 0) is 26.2 Å². The molecule has 2 atom stereocenters. The fourth-order valence-electron chi connectivity index (χ4n) is 3.24. The zero-order valence-electron chi connectivity index (χ0n) is 14.2. The number of rotatable bonds is 4. The van der Waals surface area contributed by atoms with Crippen LogP contribution >= 0.6 is 0 Å². The van der Waals surface area contributed by atoms with E-state index < -0.39 is 5.60 Å². The Kier molecular flexibility index (Phi) is 4.80. The van der Waals surface area contributed by atoms with Gasteiger partial charge in [-0.2, -0.15) is 5.10 Å². The minimum absolute atomic E-state index is 0.0780. The van der Waals surface area contributed by atoms with Crippen LogP contribution in [0.15, 0.2) is 6.20 Å². The van der Waals surface area contributed by atoms with Crippen LogP contribution in [0.3, 0.4) is 0 Å². The van der Waals surface area contributed by atoms with Crippen molar-refractivity contribution in [3.63, 3.8) is 0 Å². The van der Waals surface area contributed by atoms with Gasteiger partial charge in [0.05, 0.1) is 19.2 Å². The highest BCUT2D eigenvalue weighted by atomic mass is 16.5. The molecule has 1 fully saturated rings. The fourth-order valence-corrected chi connectivity index (χ4v) is 3.24. The molecule has 6 heteroatoms. The van der Waals surface area contributed by atoms with Gasteiger partial charge in [0.15, 0.2) is 6.54 Å². The number of hydrogen-bond donors (Lipinski definition) is 2. The van der Waals surface area contributed by atoms with E-state index in [4.69, 9.17) is 4.74 Å². The summed E-state index contributed by atoms with van der Waals surface area (Å²) in [5.74, 6) is 0.231. The number of anilines is 1. The molecule has 1 saturated heterocycles. The van der Waals surface area contributed by atoms with E-state index >= 15 is 0 Å². The maximum Gasteiger partial charge on any atom is 0.310 e. The van der Waals surface area contributed by atoms with Crippen molar-refractivity contribution >= 4 is 11.7 Å². The first kappa shape index (κ1) is 16.8. The van der Waals surface area contributed by atoms with Gasteiger partial charge in [0.25, 0.3) is 0 Å². The van der Waals surface area contributed by atoms with Crippen LogP contribution in [0.25, 0.3) is 0 Å². The van der Waals surface area contributed by atoms with Crippen molar-refractivity contribution in [1.29, 1.82) is 0 Å². The first-order valence-corrected chi connectivity index (χ1v) is 7.84. The van der Waals surface area contributed by atoms with Crippen molar-refractivity contribution in [2.75, 3.05) is 25.1 Å². The molecule has 1 aromatic rings. The average Bonchev–Trinajstić information content (AvgIpc) is 2.76. The van der Waals surface area contributed by atoms with E-state index in [-0.39, 0.29) is 11.9 Å². The fraction of sp³-hybridized carbons (Fsp3) is 0.750. The zero-order chi connectivity index (χ0) is 16.5. The number of esters is 1. The largest absolute Gasteiger partial charge is 0.469 e. The molecule has 1 aromatic heterocycles. The van der Waals surface area contributed by atoms with Gasteiger partial charge in [-0.25, -0.2) is 0 Å². The van der Waals surface area contributed by atoms with Crippen LogP contribution in [0.5, 0.6) is 0 Å². The SMILES string of the molecule is COC(=O)C1CC(C)CN(c2c[nH][n+](CC(C)(C)O)c2C)C1. The molecule has 0 bridgehead atoms. The van der Waals surface area contributed by atoms with Crippen LogP contribution in [0.4, 0.5) is 5.69 Å². The predicted octanol–water partition coefficient (Wildman–Crippen LogP) is 1.02. The lowest BCUT2D eigenvalue weighted by atomic mass is 9.90. The lowest BCUT2D eigenvalue weighted by Gasteiger charge is -2.35. The molecule has 1 aliphatic heterocycles. The van der Waals surface area contributed by atoms with Crippen LogP contribution in [0.1, 0.15) is 32.9 Å². The van der Waals surface area contributed by atoms with E-state index in [1.807, 2.05) is 17.8 Å². The van der Waals surface area contributed by atoms with E-state index in [9.17, 15) is 9.90 Å². The molecule has 0 spiro atoms. The smallest absolute Gasteiger partial charge is 0.310 e. The number of methoxy groups -OCH3 is 1. The molecule has 0 radical (unpaired) electrons. The van der Waals surface area contributed by atoms with Crippen LogP contribution < -0.4 is 9.58 Å². The Morgan fingerprint density at radius 2 is 2.23 bits per heavy atom. The first-order valence-electron chi connectivity index (χ1n) is 7.84. The summed E-state index contributed by atoms with van der Waals surface area (Å²) in [5, 5.41) is 13.2. The molecular formula is C16H28N3O3+. The van der Waals surface area contributed by atoms with Crippen molar-refractivity contribution in [3.8, 4) is 0 Å². The third-order valence-electron chi connectivity index (χ3n) is 4.21. The van der Waals surface area contributed by atoms with E-state index in [2.05, 4.69) is 16.9 Å². The quantitative estimate of drug-likeness (QED) is 0.643. The molecule has 0 saturated carbocycles. The highest BCUT2D eigenvalue weighted by Crippen LogP contribution is 2.28. The maximum absolute atomic E-state index is 11.9. The van der Waals surface area contributed by atoms with Gasteiger partial charge < -0.3 is 14.7 Å². The minimum atomic E-state index is -0.776. The predicted molar refractivity (Wildman–Crippen MR) is 83.5 cm³/mol. The molecule has 2 heterocycles. The van der Waals surface area contributed by atoms with Crippen LogP contribution in [-0.2, 0) is 16.1 Å². The summed E-state index contributed by atoms with van der Waals surface area (Å²) in [6, 6.07) is 0. The van der Waals surface area contributed by atoms with Gasteiger partial charge in [0.1, 0.15) is 11.3 Å². The number of ether oxygens (including phenoxy) is 1. The molecule has 1 aliphatic rings. The highest BCUT2D eigenvalue weighted by molar-refractivity contribution is 5.73. The summed E-state index contributed by atoms with van der Waals surface area (Å²) in [5.41, 5.74) is 1.38. The summed E-state index contributed by atoms with van der Waals surface area (Å²) < 4.78 is 6.86. The zero-order valence-corrected chi connectivity index (χ0v) is 14.2. The van der Waals surface area contributed by atoms with E-state index in [1.165, 1.54) is 7.11 Å². The summed E-state index contributed by atoms with van der Waals surface area (Å²) in [7, 11) is 1.45. The summed E-state index contributed by atoms with van der Waals surface area (Å²) in [6.45, 7) is 9.88. The maximum atomic E-state index is 11.9. The summed E-state index contributed by atoms with van der Waals surface area (Å²) >= 11 is 0. The molecule has 6 nitrogen and oxygen atoms in total. The van der Waals surface area contributed by atoms with Crippen LogP contribution in [-0.4, -0.2) is 42.0 Å². The lowest BCUT2D eigenvalue weighted by Crippen LogP contribution is -2.48. The van der Waals surface area contributed by atoms with Gasteiger partial charge in [-0.1, -0.05) is 6.92 Å².